The van der Waals surface area contributed by atoms with Gasteiger partial charge in [0.25, 0.3) is 0 Å². The molecule has 0 aliphatic carbocycles. The number of amides is 1. The molecule has 0 spiro atoms. The van der Waals surface area contributed by atoms with Crippen LogP contribution in [0.4, 0.5) is 11.5 Å². The number of aromatic nitrogens is 2. The largest absolute Gasteiger partial charge is 0.461 e. The van der Waals surface area contributed by atoms with Crippen LogP contribution in [0.25, 0.3) is 10.8 Å². The van der Waals surface area contributed by atoms with Gasteiger partial charge in [-0.25, -0.2) is 0 Å². The van der Waals surface area contributed by atoms with E-state index in [4.69, 9.17) is 36.3 Å². The molecule has 5 aliphatic heterocycles. The topological polar surface area (TPSA) is 101 Å². The Balaban J connectivity index is 0.00000131. The lowest BCUT2D eigenvalue weighted by Crippen LogP contribution is -2.49. The Kier molecular flexibility index (Phi) is 11.2. The second-order valence-electron chi connectivity index (χ2n) is 14.1. The first-order valence-electron chi connectivity index (χ1n) is 18.5. The van der Waals surface area contributed by atoms with Gasteiger partial charge in [0.05, 0.1) is 42.1 Å². The summed E-state index contributed by atoms with van der Waals surface area (Å²) in [6.07, 6.45) is 9.38. The van der Waals surface area contributed by atoms with Crippen molar-refractivity contribution in [2.24, 2.45) is 0 Å². The van der Waals surface area contributed by atoms with Crippen molar-refractivity contribution in [1.29, 1.82) is 5.26 Å². The summed E-state index contributed by atoms with van der Waals surface area (Å²) < 4.78 is 12.0. The Labute approximate surface area is 306 Å². The fourth-order valence-electron chi connectivity index (χ4n) is 8.45. The first kappa shape index (κ1) is 35.5. The van der Waals surface area contributed by atoms with Gasteiger partial charge in [0, 0.05) is 82.0 Å². The Hall–Kier alpha value is -3.95. The number of nitriles is 1. The molecule has 0 atom stereocenters. The Morgan fingerprint density at radius 1 is 0.980 bits per heavy atom. The third-order valence-corrected chi connectivity index (χ3v) is 11.4. The van der Waals surface area contributed by atoms with E-state index in [1.807, 2.05) is 23.1 Å². The molecule has 4 saturated heterocycles. The van der Waals surface area contributed by atoms with E-state index < -0.39 is 0 Å². The Morgan fingerprint density at radius 2 is 1.71 bits per heavy atom. The number of hydrogen-bond donors (Lipinski definition) is 0. The average molecular weight is 713 g/mol. The number of nitrogens with zero attached hydrogens (tertiary/aromatic N) is 8. The van der Waals surface area contributed by atoms with Crippen molar-refractivity contribution in [2.75, 3.05) is 95.1 Å². The highest BCUT2D eigenvalue weighted by molar-refractivity contribution is 6.36. The molecule has 12 heteroatoms. The van der Waals surface area contributed by atoms with E-state index in [0.29, 0.717) is 32.3 Å². The molecule has 1 aromatic heterocycles. The van der Waals surface area contributed by atoms with Gasteiger partial charge < -0.3 is 24.2 Å². The van der Waals surface area contributed by atoms with E-state index >= 15 is 0 Å². The predicted molar refractivity (Wildman–Crippen MR) is 200 cm³/mol. The number of hydrogen-bond acceptors (Lipinski definition) is 10. The maximum absolute atomic E-state index is 13.1. The highest BCUT2D eigenvalue weighted by Gasteiger charge is 2.45. The molecule has 0 N–H and O–H groups in total. The third-order valence-electron chi connectivity index (χ3n) is 11.1. The van der Waals surface area contributed by atoms with Crippen LogP contribution in [0.1, 0.15) is 43.9 Å². The summed E-state index contributed by atoms with van der Waals surface area (Å²) >= 11 is 6.76. The number of ether oxygens (including phenoxy) is 2. The zero-order valence-corrected chi connectivity index (χ0v) is 30.5. The van der Waals surface area contributed by atoms with E-state index in [0.717, 1.165) is 105 Å². The predicted octanol–water partition coefficient (Wildman–Crippen LogP) is 4.92. The second-order valence-corrected chi connectivity index (χ2v) is 14.5. The van der Waals surface area contributed by atoms with Crippen LogP contribution in [0.2, 0.25) is 5.02 Å². The van der Waals surface area contributed by atoms with Crippen LogP contribution in [0, 0.1) is 11.3 Å². The molecule has 0 unspecified atom stereocenters. The van der Waals surface area contributed by atoms with Crippen molar-refractivity contribution in [3.63, 3.8) is 0 Å². The molecule has 6 heterocycles. The molecule has 11 nitrogen and oxygen atoms in total. The van der Waals surface area contributed by atoms with Gasteiger partial charge in [-0.05, 0) is 62.7 Å². The maximum Gasteiger partial charge on any atom is 0.318 e. The zero-order valence-electron chi connectivity index (χ0n) is 29.7. The van der Waals surface area contributed by atoms with Crippen molar-refractivity contribution < 1.29 is 14.3 Å². The number of piperazine rings is 1. The lowest BCUT2D eigenvalue weighted by atomic mass is 9.95. The van der Waals surface area contributed by atoms with E-state index in [-0.39, 0.29) is 11.4 Å². The van der Waals surface area contributed by atoms with Crippen LogP contribution in [0.15, 0.2) is 48.6 Å². The third kappa shape index (κ3) is 7.80. The quantitative estimate of drug-likeness (QED) is 0.299. The summed E-state index contributed by atoms with van der Waals surface area (Å²) in [4.78, 5) is 34.9. The van der Waals surface area contributed by atoms with Gasteiger partial charge in [-0.3, -0.25) is 14.6 Å². The van der Waals surface area contributed by atoms with E-state index in [2.05, 4.69) is 43.9 Å². The summed E-state index contributed by atoms with van der Waals surface area (Å²) in [5.74, 6) is 1.05. The van der Waals surface area contributed by atoms with Crippen molar-refractivity contribution >= 4 is 39.8 Å². The van der Waals surface area contributed by atoms with Crippen LogP contribution >= 0.6 is 11.6 Å². The number of fused-ring (bicyclic) bond motifs is 3. The number of rotatable bonds is 8. The average Bonchev–Trinajstić information content (AvgIpc) is 3.75. The van der Waals surface area contributed by atoms with Crippen molar-refractivity contribution in [2.45, 2.75) is 51.1 Å². The minimum absolute atomic E-state index is 0.0815. The highest BCUT2D eigenvalue weighted by Crippen LogP contribution is 2.40. The maximum atomic E-state index is 13.1. The van der Waals surface area contributed by atoms with Crippen molar-refractivity contribution in [3.8, 4) is 12.1 Å². The normalized spacial score (nSPS) is 20.5. The molecule has 0 bridgehead atoms. The molecule has 0 saturated carbocycles. The fourth-order valence-corrected chi connectivity index (χ4v) is 8.73. The molecule has 5 aliphatic rings. The second kappa shape index (κ2) is 16.2. The van der Waals surface area contributed by atoms with Crippen LogP contribution in [-0.2, 0) is 22.5 Å². The minimum Gasteiger partial charge on any atom is -0.461 e. The van der Waals surface area contributed by atoms with Crippen molar-refractivity contribution in [1.82, 2.24) is 24.7 Å². The van der Waals surface area contributed by atoms with Gasteiger partial charge in [0.1, 0.15) is 12.4 Å². The smallest absolute Gasteiger partial charge is 0.318 e. The van der Waals surface area contributed by atoms with Gasteiger partial charge >= 0.3 is 6.01 Å². The van der Waals surface area contributed by atoms with Gasteiger partial charge in [0.2, 0.25) is 5.91 Å². The van der Waals surface area contributed by atoms with Crippen LogP contribution < -0.4 is 14.5 Å². The highest BCUT2D eigenvalue weighted by atomic mass is 35.5. The summed E-state index contributed by atoms with van der Waals surface area (Å²) in [6.45, 7) is 12.8. The van der Waals surface area contributed by atoms with E-state index in [9.17, 15) is 4.79 Å². The molecule has 270 valence electrons. The molecule has 3 aromatic rings. The first-order valence-corrected chi connectivity index (χ1v) is 18.9. The van der Waals surface area contributed by atoms with Crippen LogP contribution in [0.3, 0.4) is 0 Å². The molecular formula is C39H49ClN8O3. The van der Waals surface area contributed by atoms with E-state index in [1.165, 1.54) is 38.2 Å². The molecule has 0 radical (unpaired) electrons. The van der Waals surface area contributed by atoms with E-state index in [1.54, 1.807) is 12.1 Å². The van der Waals surface area contributed by atoms with Crippen LogP contribution in [0.5, 0.6) is 6.01 Å². The fraction of sp³-hybridized carbons (Fsp3) is 0.538. The molecule has 1 amide bonds. The number of carbonyl (C=O) groups is 1. The van der Waals surface area contributed by atoms with Gasteiger partial charge in [-0.1, -0.05) is 41.9 Å². The van der Waals surface area contributed by atoms with Gasteiger partial charge in [-0.15, -0.1) is 0 Å². The SMILES string of the molecule is CC#N.O=C(/C=C/CN1CCOCC1)N1CCN(c2nc(OCC34CCCN3CCC4)nc3c2CCN(c2cccc4cccc(Cl)c24)C3)CC1. The Morgan fingerprint density at radius 3 is 2.45 bits per heavy atom. The molecule has 8 rings (SSSR count). The number of carbonyl (C=O) groups excluding carboxylic acids is 1. The lowest BCUT2D eigenvalue weighted by Gasteiger charge is -2.38. The summed E-state index contributed by atoms with van der Waals surface area (Å²) in [6, 6.07) is 14.7. The zero-order chi connectivity index (χ0) is 35.2. The summed E-state index contributed by atoms with van der Waals surface area (Å²) in [5, 5.41) is 10.3. The molecule has 2 aromatic carbocycles. The van der Waals surface area contributed by atoms with Gasteiger partial charge in [-0.2, -0.15) is 15.2 Å². The molecule has 4 fully saturated rings. The Bertz CT molecular complexity index is 1750. The summed E-state index contributed by atoms with van der Waals surface area (Å²) in [7, 11) is 0. The lowest BCUT2D eigenvalue weighted by molar-refractivity contribution is -0.126. The number of halogens is 1. The first-order chi connectivity index (χ1) is 25.0. The molecule has 51 heavy (non-hydrogen) atoms. The number of benzene rings is 2. The van der Waals surface area contributed by atoms with Crippen molar-refractivity contribution in [3.05, 3.63) is 64.8 Å². The van der Waals surface area contributed by atoms with Gasteiger partial charge in [0.15, 0.2) is 0 Å². The monoisotopic (exact) mass is 712 g/mol. The standard InChI is InChI=1S/C37H46ClN7O3.C2H3N/c38-30-8-1-6-28-7-2-9-32(34(28)30)44-17-11-29-31(26-44)39-36(48-27-37-12-4-15-45(37)16-5-13-37)40-35(29)43-20-18-42(19-21-43)33(46)10-3-14-41-22-24-47-25-23-41;1-2-3/h1-3,6-10H,4-5,11-27H2;1H3/b10-3+;. The summed E-state index contributed by atoms with van der Waals surface area (Å²) in [5.41, 5.74) is 3.46. The van der Waals surface area contributed by atoms with Crippen LogP contribution in [-0.4, -0.2) is 121 Å². The number of anilines is 2. The number of morpholine rings is 1. The minimum atomic E-state index is 0.0815. The molecular weight excluding hydrogens is 664 g/mol.